The molecule has 0 spiro atoms. The molecule has 3 rings (SSSR count). The van der Waals surface area contributed by atoms with Crippen molar-refractivity contribution in [2.24, 2.45) is 0 Å². The first-order valence-electron chi connectivity index (χ1n) is 8.37. The monoisotopic (exact) mass is 318 g/mol. The van der Waals surface area contributed by atoms with Crippen LogP contribution in [0.15, 0.2) is 60.8 Å². The number of benzene rings is 2. The van der Waals surface area contributed by atoms with Crippen LogP contribution in [-0.4, -0.2) is 17.4 Å². The smallest absolute Gasteiger partial charge is 0.216 e. The molecular formula is C21H22N2O. The van der Waals surface area contributed by atoms with Crippen LogP contribution in [0.5, 0.6) is 0 Å². The van der Waals surface area contributed by atoms with Crippen molar-refractivity contribution in [2.45, 2.75) is 26.2 Å². The van der Waals surface area contributed by atoms with Crippen molar-refractivity contribution in [1.29, 1.82) is 0 Å². The third-order valence-electron chi connectivity index (χ3n) is 4.17. The average Bonchev–Trinajstić information content (AvgIpc) is 2.60. The minimum Gasteiger partial charge on any atom is -0.356 e. The summed E-state index contributed by atoms with van der Waals surface area (Å²) in [5.41, 5.74) is 3.69. The van der Waals surface area contributed by atoms with E-state index in [0.29, 0.717) is 0 Å². The van der Waals surface area contributed by atoms with Gasteiger partial charge in [0.1, 0.15) is 0 Å². The first-order valence-corrected chi connectivity index (χ1v) is 8.37. The van der Waals surface area contributed by atoms with E-state index in [1.165, 1.54) is 21.9 Å². The van der Waals surface area contributed by atoms with Crippen LogP contribution in [0, 0.1) is 0 Å². The van der Waals surface area contributed by atoms with Crippen molar-refractivity contribution in [3.8, 4) is 0 Å². The van der Waals surface area contributed by atoms with E-state index in [1.807, 2.05) is 6.20 Å². The number of nitrogens with one attached hydrogen (secondary N) is 1. The molecule has 0 unspecified atom stereocenters. The van der Waals surface area contributed by atoms with Crippen molar-refractivity contribution in [3.05, 3.63) is 77.6 Å². The van der Waals surface area contributed by atoms with Crippen LogP contribution in [-0.2, 0) is 17.6 Å². The number of aryl methyl sites for hydroxylation is 1. The number of amides is 1. The number of fused-ring (bicyclic) bond motifs is 1. The molecule has 0 fully saturated rings. The van der Waals surface area contributed by atoms with E-state index in [0.717, 1.165) is 31.5 Å². The normalized spacial score (nSPS) is 10.7. The largest absolute Gasteiger partial charge is 0.356 e. The Labute approximate surface area is 142 Å². The maximum Gasteiger partial charge on any atom is 0.216 e. The summed E-state index contributed by atoms with van der Waals surface area (Å²) in [5.74, 6) is 0.0351. The standard InChI is InChI=1S/C21H22N2O/c1-16(24)22-13-4-5-17-8-10-18(11-9-17)15-21-20-7-3-2-6-19(20)12-14-23-21/h2-3,6-12,14H,4-5,13,15H2,1H3,(H,22,24). The molecule has 0 bridgehead atoms. The highest BCUT2D eigenvalue weighted by atomic mass is 16.1. The highest BCUT2D eigenvalue weighted by molar-refractivity contribution is 5.84. The number of hydrogen-bond acceptors (Lipinski definition) is 2. The Morgan fingerprint density at radius 1 is 1.00 bits per heavy atom. The number of pyridine rings is 1. The van der Waals surface area contributed by atoms with Gasteiger partial charge in [0.2, 0.25) is 5.91 Å². The van der Waals surface area contributed by atoms with Gasteiger partial charge in [-0.1, -0.05) is 48.5 Å². The first kappa shape index (κ1) is 16.2. The van der Waals surface area contributed by atoms with Crippen LogP contribution in [0.2, 0.25) is 0 Å². The topological polar surface area (TPSA) is 42.0 Å². The van der Waals surface area contributed by atoms with Crippen LogP contribution >= 0.6 is 0 Å². The molecule has 1 heterocycles. The fraction of sp³-hybridized carbons (Fsp3) is 0.238. The minimum atomic E-state index is 0.0351. The van der Waals surface area contributed by atoms with E-state index in [1.54, 1.807) is 6.92 Å². The second-order valence-electron chi connectivity index (χ2n) is 6.06. The Morgan fingerprint density at radius 3 is 2.54 bits per heavy atom. The van der Waals surface area contributed by atoms with Crippen LogP contribution in [0.4, 0.5) is 0 Å². The van der Waals surface area contributed by atoms with E-state index < -0.39 is 0 Å². The average molecular weight is 318 g/mol. The molecule has 24 heavy (non-hydrogen) atoms. The van der Waals surface area contributed by atoms with Gasteiger partial charge in [-0.2, -0.15) is 0 Å². The zero-order valence-corrected chi connectivity index (χ0v) is 14.0. The molecule has 0 aliphatic heterocycles. The van der Waals surface area contributed by atoms with E-state index in [9.17, 15) is 4.79 Å². The van der Waals surface area contributed by atoms with Crippen LogP contribution < -0.4 is 5.32 Å². The summed E-state index contributed by atoms with van der Waals surface area (Å²) in [6.45, 7) is 2.28. The Bertz CT molecular complexity index is 819. The zero-order valence-electron chi connectivity index (χ0n) is 14.0. The van der Waals surface area contributed by atoms with Gasteiger partial charge in [-0.15, -0.1) is 0 Å². The maximum absolute atomic E-state index is 10.8. The molecule has 0 saturated carbocycles. The summed E-state index contributed by atoms with van der Waals surface area (Å²) in [5, 5.41) is 5.28. The van der Waals surface area contributed by atoms with Gasteiger partial charge in [0.05, 0.1) is 5.69 Å². The molecule has 0 saturated heterocycles. The van der Waals surface area contributed by atoms with E-state index >= 15 is 0 Å². The highest BCUT2D eigenvalue weighted by Crippen LogP contribution is 2.19. The maximum atomic E-state index is 10.8. The fourth-order valence-corrected chi connectivity index (χ4v) is 2.90. The number of aromatic nitrogens is 1. The Hall–Kier alpha value is -2.68. The molecule has 3 aromatic rings. The molecule has 122 valence electrons. The molecule has 2 aromatic carbocycles. The summed E-state index contributed by atoms with van der Waals surface area (Å²) in [6.07, 6.45) is 4.67. The molecule has 0 radical (unpaired) electrons. The van der Waals surface area contributed by atoms with Gasteiger partial charge < -0.3 is 5.32 Å². The Morgan fingerprint density at radius 2 is 1.75 bits per heavy atom. The summed E-state index contributed by atoms with van der Waals surface area (Å²) in [6, 6.07) is 19.1. The van der Waals surface area contributed by atoms with Crippen molar-refractivity contribution in [1.82, 2.24) is 10.3 Å². The van der Waals surface area contributed by atoms with E-state index in [4.69, 9.17) is 0 Å². The van der Waals surface area contributed by atoms with Crippen molar-refractivity contribution in [2.75, 3.05) is 6.54 Å². The predicted molar refractivity (Wildman–Crippen MR) is 98.0 cm³/mol. The van der Waals surface area contributed by atoms with Gasteiger partial charge in [0, 0.05) is 31.5 Å². The van der Waals surface area contributed by atoms with Gasteiger partial charge in [0.25, 0.3) is 0 Å². The summed E-state index contributed by atoms with van der Waals surface area (Å²) >= 11 is 0. The molecule has 1 aromatic heterocycles. The number of carbonyl (C=O) groups excluding carboxylic acids is 1. The van der Waals surface area contributed by atoms with Crippen molar-refractivity contribution >= 4 is 16.7 Å². The second-order valence-corrected chi connectivity index (χ2v) is 6.06. The molecule has 3 heteroatoms. The Balaban J connectivity index is 1.64. The predicted octanol–water partition coefficient (Wildman–Crippen LogP) is 3.89. The van der Waals surface area contributed by atoms with Gasteiger partial charge in [0.15, 0.2) is 0 Å². The number of rotatable bonds is 6. The first-order chi connectivity index (χ1) is 11.7. The molecule has 0 atom stereocenters. The molecule has 1 amide bonds. The third kappa shape index (κ3) is 4.19. The third-order valence-corrected chi connectivity index (χ3v) is 4.17. The van der Waals surface area contributed by atoms with Crippen LogP contribution in [0.1, 0.15) is 30.2 Å². The SMILES string of the molecule is CC(=O)NCCCc1ccc(Cc2nccc3ccccc23)cc1. The van der Waals surface area contributed by atoms with Crippen molar-refractivity contribution < 1.29 is 4.79 Å². The lowest BCUT2D eigenvalue weighted by atomic mass is 10.0. The molecule has 3 nitrogen and oxygen atoms in total. The van der Waals surface area contributed by atoms with Crippen molar-refractivity contribution in [3.63, 3.8) is 0 Å². The lowest BCUT2D eigenvalue weighted by Crippen LogP contribution is -2.21. The number of nitrogens with zero attached hydrogens (tertiary/aromatic N) is 1. The molecule has 0 aliphatic rings. The zero-order chi connectivity index (χ0) is 16.8. The van der Waals surface area contributed by atoms with Gasteiger partial charge in [-0.3, -0.25) is 9.78 Å². The molecule has 0 aliphatic carbocycles. The second kappa shape index (κ2) is 7.73. The molecule has 1 N–H and O–H groups in total. The van der Waals surface area contributed by atoms with Gasteiger partial charge in [-0.25, -0.2) is 0 Å². The molecular weight excluding hydrogens is 296 g/mol. The summed E-state index contributed by atoms with van der Waals surface area (Å²) < 4.78 is 0. The van der Waals surface area contributed by atoms with Gasteiger partial charge >= 0.3 is 0 Å². The van der Waals surface area contributed by atoms with E-state index in [-0.39, 0.29) is 5.91 Å². The minimum absolute atomic E-state index is 0.0351. The quantitative estimate of drug-likeness (QED) is 0.701. The van der Waals surface area contributed by atoms with Crippen LogP contribution in [0.3, 0.4) is 0 Å². The van der Waals surface area contributed by atoms with Gasteiger partial charge in [-0.05, 0) is 35.4 Å². The highest BCUT2D eigenvalue weighted by Gasteiger charge is 2.04. The number of carbonyl (C=O) groups is 1. The Kier molecular flexibility index (Phi) is 5.22. The fourth-order valence-electron chi connectivity index (χ4n) is 2.90. The summed E-state index contributed by atoms with van der Waals surface area (Å²) in [7, 11) is 0. The van der Waals surface area contributed by atoms with E-state index in [2.05, 4.69) is 64.9 Å². The lowest BCUT2D eigenvalue weighted by molar-refractivity contribution is -0.118. The lowest BCUT2D eigenvalue weighted by Gasteiger charge is -2.07. The summed E-state index contributed by atoms with van der Waals surface area (Å²) in [4.78, 5) is 15.4. The number of hydrogen-bond donors (Lipinski definition) is 1. The van der Waals surface area contributed by atoms with Crippen LogP contribution in [0.25, 0.3) is 10.8 Å².